The van der Waals surface area contributed by atoms with Crippen LogP contribution in [0.1, 0.15) is 25.0 Å². The summed E-state index contributed by atoms with van der Waals surface area (Å²) in [5.74, 6) is 1.17. The smallest absolute Gasteiger partial charge is 0.170 e. The lowest BCUT2D eigenvalue weighted by Gasteiger charge is -2.39. The van der Waals surface area contributed by atoms with Gasteiger partial charge in [0.1, 0.15) is 0 Å². The lowest BCUT2D eigenvalue weighted by Crippen LogP contribution is -2.51. The van der Waals surface area contributed by atoms with Gasteiger partial charge in [-0.25, -0.2) is 0 Å². The molecule has 2 aromatic carbocycles. The van der Waals surface area contributed by atoms with E-state index in [1.54, 1.807) is 0 Å². The molecule has 1 atom stereocenters. The van der Waals surface area contributed by atoms with E-state index in [1.165, 1.54) is 11.3 Å². The van der Waals surface area contributed by atoms with Crippen LogP contribution in [-0.4, -0.2) is 43.7 Å². The van der Waals surface area contributed by atoms with E-state index >= 15 is 0 Å². The molecule has 0 bridgehead atoms. The summed E-state index contributed by atoms with van der Waals surface area (Å²) in [6.07, 6.45) is 4.42. The normalized spacial score (nSPS) is 22.1. The maximum atomic E-state index is 6.41. The van der Waals surface area contributed by atoms with Crippen LogP contribution in [0.25, 0.3) is 6.08 Å². The van der Waals surface area contributed by atoms with Crippen LogP contribution < -0.4 is 9.80 Å². The number of halogens is 2. The summed E-state index contributed by atoms with van der Waals surface area (Å²) in [5, 5.41) is 0. The minimum Gasteiger partial charge on any atom is -0.369 e. The molecule has 154 valence electrons. The van der Waals surface area contributed by atoms with Crippen molar-refractivity contribution < 1.29 is 4.74 Å². The molecule has 3 nitrogen and oxygen atoms in total. The number of benzene rings is 2. The summed E-state index contributed by atoms with van der Waals surface area (Å²) >= 11 is 11.9. The fourth-order valence-electron chi connectivity index (χ4n) is 4.71. The Kier molecular flexibility index (Phi) is 5.83. The fourth-order valence-corrected chi connectivity index (χ4v) is 5.12. The van der Waals surface area contributed by atoms with Gasteiger partial charge in [0.15, 0.2) is 5.72 Å². The standard InChI is InChI=1S/C24H28Cl2N2O/c1-23(2)21-5-3-4-6-22(21)28-17-18-29-24(23,28)12-11-19-7-9-20(10-8-19)27(15-13-25)16-14-26/h3-12H,13-18H2,1-2H3. The van der Waals surface area contributed by atoms with Crippen LogP contribution in [0.3, 0.4) is 0 Å². The molecule has 0 radical (unpaired) electrons. The number of alkyl halides is 2. The molecule has 4 rings (SSSR count). The molecule has 0 aliphatic carbocycles. The van der Waals surface area contributed by atoms with Gasteiger partial charge in [0.2, 0.25) is 0 Å². The van der Waals surface area contributed by atoms with Crippen molar-refractivity contribution in [1.29, 1.82) is 0 Å². The van der Waals surface area contributed by atoms with Gasteiger partial charge < -0.3 is 14.5 Å². The molecule has 2 aromatic rings. The summed E-state index contributed by atoms with van der Waals surface area (Å²) in [6, 6.07) is 17.2. The van der Waals surface area contributed by atoms with E-state index in [9.17, 15) is 0 Å². The van der Waals surface area contributed by atoms with Crippen molar-refractivity contribution in [2.24, 2.45) is 0 Å². The average molecular weight is 431 g/mol. The lowest BCUT2D eigenvalue weighted by molar-refractivity contribution is 0.000337. The van der Waals surface area contributed by atoms with Crippen molar-refractivity contribution >= 4 is 40.7 Å². The second-order valence-electron chi connectivity index (χ2n) is 8.13. The third kappa shape index (κ3) is 3.43. The van der Waals surface area contributed by atoms with Crippen molar-refractivity contribution in [3.8, 4) is 0 Å². The van der Waals surface area contributed by atoms with Crippen molar-refractivity contribution in [2.75, 3.05) is 47.8 Å². The quantitative estimate of drug-likeness (QED) is 0.538. The molecule has 1 fully saturated rings. The zero-order valence-electron chi connectivity index (χ0n) is 17.1. The largest absolute Gasteiger partial charge is 0.369 e. The summed E-state index contributed by atoms with van der Waals surface area (Å²) in [4.78, 5) is 4.63. The molecular formula is C24H28Cl2N2O. The third-order valence-corrected chi connectivity index (χ3v) is 6.61. The number of hydrogen-bond donors (Lipinski definition) is 0. The van der Waals surface area contributed by atoms with E-state index in [1.807, 2.05) is 0 Å². The van der Waals surface area contributed by atoms with Crippen LogP contribution in [0.2, 0.25) is 0 Å². The number of rotatable bonds is 7. The fraction of sp³-hybridized carbons (Fsp3) is 0.417. The van der Waals surface area contributed by atoms with Gasteiger partial charge in [-0.05, 0) is 35.4 Å². The molecule has 2 aliphatic heterocycles. The van der Waals surface area contributed by atoms with Crippen LogP contribution >= 0.6 is 23.2 Å². The second kappa shape index (κ2) is 8.22. The van der Waals surface area contributed by atoms with Gasteiger partial charge in [-0.2, -0.15) is 0 Å². The highest BCUT2D eigenvalue weighted by molar-refractivity contribution is 6.18. The average Bonchev–Trinajstić information content (AvgIpc) is 3.24. The van der Waals surface area contributed by atoms with Crippen LogP contribution in [0, 0.1) is 0 Å². The first-order chi connectivity index (χ1) is 14.0. The molecule has 0 saturated carbocycles. The molecule has 1 saturated heterocycles. The topological polar surface area (TPSA) is 15.7 Å². The van der Waals surface area contributed by atoms with E-state index in [0.717, 1.165) is 37.5 Å². The summed E-state index contributed by atoms with van der Waals surface area (Å²) in [6.45, 7) is 7.80. The maximum absolute atomic E-state index is 6.41. The number of hydrogen-bond acceptors (Lipinski definition) is 3. The van der Waals surface area contributed by atoms with Gasteiger partial charge in [0.05, 0.1) is 6.61 Å². The van der Waals surface area contributed by atoms with E-state index in [-0.39, 0.29) is 5.41 Å². The van der Waals surface area contributed by atoms with Gasteiger partial charge in [-0.15, -0.1) is 23.2 Å². The Labute approximate surface area is 183 Å². The SMILES string of the molecule is CC1(C)c2ccccc2N2CCOC21C=Cc1ccc(N(CCCl)CCCl)cc1. The highest BCUT2D eigenvalue weighted by Gasteiger charge is 2.58. The van der Waals surface area contributed by atoms with Gasteiger partial charge in [0, 0.05) is 48.2 Å². The number of fused-ring (bicyclic) bond motifs is 3. The van der Waals surface area contributed by atoms with E-state index in [2.05, 4.69) is 84.3 Å². The Hall–Kier alpha value is -1.68. The Morgan fingerprint density at radius 1 is 1.03 bits per heavy atom. The molecule has 0 N–H and O–H groups in total. The predicted octanol–water partition coefficient (Wildman–Crippen LogP) is 5.51. The predicted molar refractivity (Wildman–Crippen MR) is 125 cm³/mol. The Morgan fingerprint density at radius 2 is 1.72 bits per heavy atom. The Bertz CT molecular complexity index is 875. The van der Waals surface area contributed by atoms with Crippen LogP contribution in [0.5, 0.6) is 0 Å². The molecule has 5 heteroatoms. The number of nitrogens with zero attached hydrogens (tertiary/aromatic N) is 2. The molecule has 2 heterocycles. The molecular weight excluding hydrogens is 403 g/mol. The molecule has 0 spiro atoms. The van der Waals surface area contributed by atoms with Gasteiger partial charge >= 0.3 is 0 Å². The zero-order chi connectivity index (χ0) is 20.5. The van der Waals surface area contributed by atoms with Crippen LogP contribution in [0.4, 0.5) is 11.4 Å². The summed E-state index contributed by atoms with van der Waals surface area (Å²) < 4.78 is 6.41. The molecule has 1 unspecified atom stereocenters. The minimum absolute atomic E-state index is 0.131. The summed E-state index contributed by atoms with van der Waals surface area (Å²) in [5.41, 5.74) is 4.36. The Morgan fingerprint density at radius 3 is 2.41 bits per heavy atom. The number of para-hydroxylation sites is 1. The highest BCUT2D eigenvalue weighted by Crippen LogP contribution is 2.54. The van der Waals surface area contributed by atoms with Crippen molar-refractivity contribution in [2.45, 2.75) is 25.0 Å². The number of ether oxygens (including phenoxy) is 1. The van der Waals surface area contributed by atoms with Crippen LogP contribution in [0.15, 0.2) is 54.6 Å². The van der Waals surface area contributed by atoms with Crippen molar-refractivity contribution in [3.05, 3.63) is 65.7 Å². The zero-order valence-corrected chi connectivity index (χ0v) is 18.6. The van der Waals surface area contributed by atoms with Crippen molar-refractivity contribution in [3.63, 3.8) is 0 Å². The molecule has 0 aromatic heterocycles. The van der Waals surface area contributed by atoms with Crippen molar-refractivity contribution in [1.82, 2.24) is 0 Å². The second-order valence-corrected chi connectivity index (χ2v) is 8.88. The first kappa shape index (κ1) is 20.6. The number of anilines is 2. The first-order valence-electron chi connectivity index (χ1n) is 10.2. The first-order valence-corrected chi connectivity index (χ1v) is 11.3. The lowest BCUT2D eigenvalue weighted by atomic mass is 9.77. The van der Waals surface area contributed by atoms with Gasteiger partial charge in [0.25, 0.3) is 0 Å². The van der Waals surface area contributed by atoms with E-state index < -0.39 is 5.72 Å². The van der Waals surface area contributed by atoms with Gasteiger partial charge in [-0.1, -0.05) is 50.3 Å². The molecule has 0 amide bonds. The highest BCUT2D eigenvalue weighted by atomic mass is 35.5. The van der Waals surface area contributed by atoms with Gasteiger partial charge in [-0.3, -0.25) is 0 Å². The Balaban J connectivity index is 1.60. The maximum Gasteiger partial charge on any atom is 0.170 e. The van der Waals surface area contributed by atoms with Crippen LogP contribution in [-0.2, 0) is 10.2 Å². The van der Waals surface area contributed by atoms with E-state index in [4.69, 9.17) is 27.9 Å². The molecule has 29 heavy (non-hydrogen) atoms. The minimum atomic E-state index is -0.446. The summed E-state index contributed by atoms with van der Waals surface area (Å²) in [7, 11) is 0. The third-order valence-electron chi connectivity index (χ3n) is 6.27. The monoisotopic (exact) mass is 430 g/mol. The van der Waals surface area contributed by atoms with E-state index in [0.29, 0.717) is 11.8 Å². The molecule has 2 aliphatic rings.